The Kier molecular flexibility index (Phi) is 4.00. The number of alkyl halides is 3. The molecular weight excluding hydrogens is 334 g/mol. The van der Waals surface area contributed by atoms with Gasteiger partial charge < -0.3 is 4.90 Å². The molecule has 2 aromatic carbocycles. The van der Waals surface area contributed by atoms with E-state index in [0.29, 0.717) is 23.8 Å². The van der Waals surface area contributed by atoms with Crippen LogP contribution >= 0.6 is 23.2 Å². The van der Waals surface area contributed by atoms with Crippen LogP contribution in [-0.2, 0) is 19.1 Å². The molecule has 0 aliphatic carbocycles. The number of fused-ring (bicyclic) bond motifs is 1. The van der Waals surface area contributed by atoms with Gasteiger partial charge in [0.1, 0.15) is 0 Å². The second-order valence-corrected chi connectivity index (χ2v) is 6.09. The molecule has 116 valence electrons. The van der Waals surface area contributed by atoms with Gasteiger partial charge in [-0.25, -0.2) is 0 Å². The minimum absolute atomic E-state index is 0.277. The summed E-state index contributed by atoms with van der Waals surface area (Å²) in [5.74, 6) is 0. The summed E-state index contributed by atoms with van der Waals surface area (Å²) in [4.78, 5) is 1.92. The molecule has 1 nitrogen and oxygen atoms in total. The van der Waals surface area contributed by atoms with Gasteiger partial charge in [0.15, 0.2) is 0 Å². The quantitative estimate of drug-likeness (QED) is 0.652. The highest BCUT2D eigenvalue weighted by molar-refractivity contribution is 6.31. The first-order chi connectivity index (χ1) is 10.3. The number of anilines is 1. The molecule has 0 saturated heterocycles. The monoisotopic (exact) mass is 345 g/mol. The van der Waals surface area contributed by atoms with Gasteiger partial charge in [-0.2, -0.15) is 13.2 Å². The highest BCUT2D eigenvalue weighted by Crippen LogP contribution is 2.37. The molecule has 0 atom stereocenters. The Morgan fingerprint density at radius 1 is 0.955 bits per heavy atom. The van der Waals surface area contributed by atoms with E-state index >= 15 is 0 Å². The largest absolute Gasteiger partial charge is 0.417 e. The zero-order valence-corrected chi connectivity index (χ0v) is 12.9. The maximum absolute atomic E-state index is 13.0. The highest BCUT2D eigenvalue weighted by Gasteiger charge is 2.34. The predicted molar refractivity (Wildman–Crippen MR) is 82.7 cm³/mol. The molecule has 1 aliphatic rings. The van der Waals surface area contributed by atoms with E-state index in [4.69, 9.17) is 23.2 Å². The Morgan fingerprint density at radius 2 is 1.73 bits per heavy atom. The molecule has 6 heteroatoms. The summed E-state index contributed by atoms with van der Waals surface area (Å²) in [7, 11) is 0. The summed E-state index contributed by atoms with van der Waals surface area (Å²) in [6.07, 6.45) is -3.70. The van der Waals surface area contributed by atoms with Crippen molar-refractivity contribution >= 4 is 28.9 Å². The van der Waals surface area contributed by atoms with Gasteiger partial charge in [0.05, 0.1) is 10.6 Å². The van der Waals surface area contributed by atoms with E-state index in [1.807, 2.05) is 17.0 Å². The van der Waals surface area contributed by atoms with Crippen molar-refractivity contribution in [1.82, 2.24) is 0 Å². The van der Waals surface area contributed by atoms with E-state index in [0.717, 1.165) is 23.6 Å². The van der Waals surface area contributed by atoms with Crippen LogP contribution in [0.2, 0.25) is 10.0 Å². The first-order valence-electron chi connectivity index (χ1n) is 6.73. The Balaban J connectivity index is 1.92. The van der Waals surface area contributed by atoms with Gasteiger partial charge in [0.25, 0.3) is 0 Å². The molecule has 1 heterocycles. The molecule has 2 aromatic rings. The van der Waals surface area contributed by atoms with Crippen LogP contribution in [0.1, 0.15) is 16.7 Å². The van der Waals surface area contributed by atoms with E-state index in [-0.39, 0.29) is 5.02 Å². The summed E-state index contributed by atoms with van der Waals surface area (Å²) in [6.45, 7) is 1.21. The van der Waals surface area contributed by atoms with Gasteiger partial charge in [-0.15, -0.1) is 0 Å². The summed E-state index contributed by atoms with van der Waals surface area (Å²) >= 11 is 11.6. The number of benzene rings is 2. The number of rotatable bonds is 1. The Bertz CT molecular complexity index is 713. The minimum atomic E-state index is -4.45. The normalized spacial score (nSPS) is 14.9. The third kappa shape index (κ3) is 3.03. The fraction of sp³-hybridized carbons (Fsp3) is 0.250. The van der Waals surface area contributed by atoms with Crippen LogP contribution in [0.3, 0.4) is 0 Å². The van der Waals surface area contributed by atoms with Crippen LogP contribution in [0, 0.1) is 0 Å². The number of hydrogen-bond acceptors (Lipinski definition) is 1. The SMILES string of the molecule is FC(F)(F)c1cc(N2CCc3cc(Cl)ccc3C2)ccc1Cl. The van der Waals surface area contributed by atoms with Crippen molar-refractivity contribution in [3.05, 3.63) is 63.1 Å². The first kappa shape index (κ1) is 15.5. The molecule has 0 aromatic heterocycles. The number of hydrogen-bond donors (Lipinski definition) is 0. The summed E-state index contributed by atoms with van der Waals surface area (Å²) in [5, 5.41) is 0.401. The molecule has 0 N–H and O–H groups in total. The lowest BCUT2D eigenvalue weighted by molar-refractivity contribution is -0.137. The average Bonchev–Trinajstić information content (AvgIpc) is 2.46. The molecule has 0 amide bonds. The topological polar surface area (TPSA) is 3.24 Å². The predicted octanol–water partition coefficient (Wildman–Crippen LogP) is 5.57. The van der Waals surface area contributed by atoms with Crippen LogP contribution in [-0.4, -0.2) is 6.54 Å². The smallest absolute Gasteiger partial charge is 0.367 e. The van der Waals surface area contributed by atoms with Crippen LogP contribution < -0.4 is 4.90 Å². The van der Waals surface area contributed by atoms with Gasteiger partial charge in [-0.05, 0) is 47.9 Å². The van der Waals surface area contributed by atoms with Crippen molar-refractivity contribution in [3.8, 4) is 0 Å². The van der Waals surface area contributed by atoms with Crippen molar-refractivity contribution < 1.29 is 13.2 Å². The average molecular weight is 346 g/mol. The second kappa shape index (κ2) is 5.67. The Hall–Kier alpha value is -1.39. The van der Waals surface area contributed by atoms with Crippen molar-refractivity contribution in [2.24, 2.45) is 0 Å². The zero-order valence-electron chi connectivity index (χ0n) is 11.4. The molecule has 0 bridgehead atoms. The van der Waals surface area contributed by atoms with E-state index in [1.165, 1.54) is 6.07 Å². The van der Waals surface area contributed by atoms with E-state index in [9.17, 15) is 13.2 Å². The molecule has 0 unspecified atom stereocenters. The van der Waals surface area contributed by atoms with E-state index < -0.39 is 11.7 Å². The molecule has 22 heavy (non-hydrogen) atoms. The summed E-state index contributed by atoms with van der Waals surface area (Å²) < 4.78 is 38.9. The van der Waals surface area contributed by atoms with E-state index in [1.54, 1.807) is 12.1 Å². The third-order valence-corrected chi connectivity index (χ3v) is 4.37. The summed E-state index contributed by atoms with van der Waals surface area (Å²) in [5.41, 5.74) is 1.96. The maximum Gasteiger partial charge on any atom is 0.417 e. The molecule has 0 radical (unpaired) electrons. The molecule has 1 aliphatic heterocycles. The van der Waals surface area contributed by atoms with Crippen LogP contribution in [0.5, 0.6) is 0 Å². The molecule has 0 saturated carbocycles. The fourth-order valence-corrected chi connectivity index (χ4v) is 3.09. The molecule has 3 rings (SSSR count). The lowest BCUT2D eigenvalue weighted by atomic mass is 9.99. The van der Waals surface area contributed by atoms with Crippen molar-refractivity contribution in [1.29, 1.82) is 0 Å². The number of halogens is 5. The van der Waals surface area contributed by atoms with Crippen LogP contribution in [0.25, 0.3) is 0 Å². The lowest BCUT2D eigenvalue weighted by Crippen LogP contribution is -2.30. The zero-order chi connectivity index (χ0) is 15.9. The highest BCUT2D eigenvalue weighted by atomic mass is 35.5. The van der Waals surface area contributed by atoms with Crippen molar-refractivity contribution in [2.45, 2.75) is 19.1 Å². The van der Waals surface area contributed by atoms with Gasteiger partial charge in [-0.3, -0.25) is 0 Å². The van der Waals surface area contributed by atoms with Crippen molar-refractivity contribution in [3.63, 3.8) is 0 Å². The van der Waals surface area contributed by atoms with Crippen LogP contribution in [0.15, 0.2) is 36.4 Å². The third-order valence-electron chi connectivity index (χ3n) is 3.80. The molecular formula is C16H12Cl2F3N. The molecule has 0 spiro atoms. The van der Waals surface area contributed by atoms with Gasteiger partial charge in [-0.1, -0.05) is 29.3 Å². The lowest BCUT2D eigenvalue weighted by Gasteiger charge is -2.31. The standard InChI is InChI=1S/C16H12Cl2F3N/c17-12-2-1-11-9-22(6-5-10(11)7-12)13-3-4-15(18)14(8-13)16(19,20)21/h1-4,7-8H,5-6,9H2. The summed E-state index contributed by atoms with van der Waals surface area (Å²) in [6, 6.07) is 9.67. The van der Waals surface area contributed by atoms with Gasteiger partial charge in [0, 0.05) is 23.8 Å². The number of nitrogens with zero attached hydrogens (tertiary/aromatic N) is 1. The minimum Gasteiger partial charge on any atom is -0.367 e. The fourth-order valence-electron chi connectivity index (χ4n) is 2.67. The van der Waals surface area contributed by atoms with Crippen molar-refractivity contribution in [2.75, 3.05) is 11.4 Å². The Labute approximate surface area is 136 Å². The van der Waals surface area contributed by atoms with Gasteiger partial charge in [0.2, 0.25) is 0 Å². The van der Waals surface area contributed by atoms with E-state index in [2.05, 4.69) is 0 Å². The first-order valence-corrected chi connectivity index (χ1v) is 7.49. The maximum atomic E-state index is 13.0. The van der Waals surface area contributed by atoms with Crippen LogP contribution in [0.4, 0.5) is 18.9 Å². The Morgan fingerprint density at radius 3 is 2.45 bits per heavy atom. The second-order valence-electron chi connectivity index (χ2n) is 5.25. The van der Waals surface area contributed by atoms with Gasteiger partial charge >= 0.3 is 6.18 Å². The molecule has 0 fully saturated rings.